The molecule has 0 fully saturated rings. The first kappa shape index (κ1) is 8.26. The molecule has 0 saturated carbocycles. The SMILES string of the molecule is CC(C)(N)c1noc2ccccc12. The Morgan fingerprint density at radius 1 is 1.31 bits per heavy atom. The minimum atomic E-state index is -0.452. The first-order valence-corrected chi connectivity index (χ1v) is 4.23. The van der Waals surface area contributed by atoms with E-state index in [1.165, 1.54) is 0 Å². The van der Waals surface area contributed by atoms with Crippen molar-refractivity contribution in [1.82, 2.24) is 5.16 Å². The molecule has 3 heteroatoms. The number of benzene rings is 1. The third-order valence-corrected chi connectivity index (χ3v) is 1.99. The van der Waals surface area contributed by atoms with E-state index < -0.39 is 5.54 Å². The number of nitrogens with two attached hydrogens (primary N) is 1. The molecule has 0 radical (unpaired) electrons. The second-order valence-corrected chi connectivity index (χ2v) is 3.75. The second kappa shape index (κ2) is 2.57. The summed E-state index contributed by atoms with van der Waals surface area (Å²) < 4.78 is 5.15. The van der Waals surface area contributed by atoms with Gasteiger partial charge in [-0.2, -0.15) is 0 Å². The third-order valence-electron chi connectivity index (χ3n) is 1.99. The van der Waals surface area contributed by atoms with Crippen LogP contribution in [0, 0.1) is 0 Å². The third kappa shape index (κ3) is 1.31. The molecule has 0 saturated heterocycles. The number of hydrogen-bond acceptors (Lipinski definition) is 3. The fourth-order valence-corrected chi connectivity index (χ4v) is 1.35. The van der Waals surface area contributed by atoms with Crippen molar-refractivity contribution in [1.29, 1.82) is 0 Å². The summed E-state index contributed by atoms with van der Waals surface area (Å²) in [5, 5.41) is 4.96. The summed E-state index contributed by atoms with van der Waals surface area (Å²) in [4.78, 5) is 0. The number of nitrogens with zero attached hydrogens (tertiary/aromatic N) is 1. The summed E-state index contributed by atoms with van der Waals surface area (Å²) in [6.45, 7) is 3.83. The van der Waals surface area contributed by atoms with Crippen LogP contribution in [0.25, 0.3) is 11.0 Å². The summed E-state index contributed by atoms with van der Waals surface area (Å²) in [7, 11) is 0. The van der Waals surface area contributed by atoms with Gasteiger partial charge >= 0.3 is 0 Å². The molecule has 0 spiro atoms. The van der Waals surface area contributed by atoms with Gasteiger partial charge in [0.15, 0.2) is 5.58 Å². The highest BCUT2D eigenvalue weighted by molar-refractivity contribution is 5.80. The van der Waals surface area contributed by atoms with Gasteiger partial charge < -0.3 is 10.3 Å². The molecule has 0 atom stereocenters. The van der Waals surface area contributed by atoms with Crippen LogP contribution in [0.4, 0.5) is 0 Å². The van der Waals surface area contributed by atoms with Gasteiger partial charge in [-0.1, -0.05) is 17.3 Å². The lowest BCUT2D eigenvalue weighted by molar-refractivity contribution is 0.413. The van der Waals surface area contributed by atoms with Gasteiger partial charge in [0.1, 0.15) is 5.69 Å². The number of hydrogen-bond donors (Lipinski definition) is 1. The van der Waals surface area contributed by atoms with Crippen molar-refractivity contribution in [2.24, 2.45) is 5.73 Å². The molecule has 2 aromatic rings. The zero-order chi connectivity index (χ0) is 9.47. The molecule has 1 aromatic carbocycles. The van der Waals surface area contributed by atoms with Crippen molar-refractivity contribution in [3.63, 3.8) is 0 Å². The van der Waals surface area contributed by atoms with Gasteiger partial charge in [-0.25, -0.2) is 0 Å². The minimum Gasteiger partial charge on any atom is -0.356 e. The van der Waals surface area contributed by atoms with E-state index in [2.05, 4.69) is 5.16 Å². The van der Waals surface area contributed by atoms with Crippen LogP contribution in [0.2, 0.25) is 0 Å². The van der Waals surface area contributed by atoms with E-state index in [9.17, 15) is 0 Å². The Balaban J connectivity index is 2.72. The van der Waals surface area contributed by atoms with Gasteiger partial charge in [0, 0.05) is 5.39 Å². The van der Waals surface area contributed by atoms with Crippen molar-refractivity contribution < 1.29 is 4.52 Å². The van der Waals surface area contributed by atoms with Crippen molar-refractivity contribution in [2.75, 3.05) is 0 Å². The van der Waals surface area contributed by atoms with Crippen LogP contribution in [0.15, 0.2) is 28.8 Å². The first-order chi connectivity index (χ1) is 6.09. The molecule has 0 unspecified atom stereocenters. The lowest BCUT2D eigenvalue weighted by Gasteiger charge is -2.14. The minimum absolute atomic E-state index is 0.452. The topological polar surface area (TPSA) is 52.0 Å². The summed E-state index contributed by atoms with van der Waals surface area (Å²) >= 11 is 0. The molecule has 0 aliphatic carbocycles. The molecule has 0 amide bonds. The van der Waals surface area contributed by atoms with Crippen molar-refractivity contribution in [2.45, 2.75) is 19.4 Å². The molecule has 68 valence electrons. The van der Waals surface area contributed by atoms with Crippen molar-refractivity contribution in [3.8, 4) is 0 Å². The maximum atomic E-state index is 5.94. The van der Waals surface area contributed by atoms with Gasteiger partial charge in [-0.3, -0.25) is 0 Å². The Kier molecular flexibility index (Phi) is 1.63. The average Bonchev–Trinajstić information content (AvgIpc) is 2.45. The lowest BCUT2D eigenvalue weighted by Crippen LogP contribution is -2.29. The molecule has 0 aliphatic rings. The molecule has 13 heavy (non-hydrogen) atoms. The van der Waals surface area contributed by atoms with Gasteiger partial charge in [-0.05, 0) is 26.0 Å². The highest BCUT2D eigenvalue weighted by atomic mass is 16.5. The van der Waals surface area contributed by atoms with Gasteiger partial charge in [-0.15, -0.1) is 0 Å². The van der Waals surface area contributed by atoms with E-state index >= 15 is 0 Å². The molecule has 0 bridgehead atoms. The van der Waals surface area contributed by atoms with Crippen LogP contribution in [0.5, 0.6) is 0 Å². The van der Waals surface area contributed by atoms with Gasteiger partial charge in [0.25, 0.3) is 0 Å². The highest BCUT2D eigenvalue weighted by Gasteiger charge is 2.21. The van der Waals surface area contributed by atoms with E-state index in [4.69, 9.17) is 10.3 Å². The number of fused-ring (bicyclic) bond motifs is 1. The largest absolute Gasteiger partial charge is 0.356 e. The Bertz CT molecular complexity index is 426. The fraction of sp³-hybridized carbons (Fsp3) is 0.300. The van der Waals surface area contributed by atoms with E-state index in [0.717, 1.165) is 16.7 Å². The monoisotopic (exact) mass is 176 g/mol. The van der Waals surface area contributed by atoms with Crippen LogP contribution >= 0.6 is 0 Å². The van der Waals surface area contributed by atoms with Crippen LogP contribution < -0.4 is 5.73 Å². The molecule has 1 aromatic heterocycles. The Labute approximate surface area is 76.5 Å². The fourth-order valence-electron chi connectivity index (χ4n) is 1.35. The predicted molar refractivity (Wildman–Crippen MR) is 51.2 cm³/mol. The van der Waals surface area contributed by atoms with Crippen molar-refractivity contribution in [3.05, 3.63) is 30.0 Å². The Hall–Kier alpha value is -1.35. The summed E-state index contributed by atoms with van der Waals surface area (Å²) in [6, 6.07) is 7.73. The Morgan fingerprint density at radius 2 is 2.00 bits per heavy atom. The molecular formula is C10H12N2O. The highest BCUT2D eigenvalue weighted by Crippen LogP contribution is 2.25. The van der Waals surface area contributed by atoms with E-state index in [1.807, 2.05) is 38.1 Å². The number of para-hydroxylation sites is 1. The zero-order valence-corrected chi connectivity index (χ0v) is 7.74. The zero-order valence-electron chi connectivity index (χ0n) is 7.74. The summed E-state index contributed by atoms with van der Waals surface area (Å²) in [5.74, 6) is 0. The predicted octanol–water partition coefficient (Wildman–Crippen LogP) is 2.02. The van der Waals surface area contributed by atoms with Crippen LogP contribution in [0.3, 0.4) is 0 Å². The van der Waals surface area contributed by atoms with Gasteiger partial charge in [0.2, 0.25) is 0 Å². The second-order valence-electron chi connectivity index (χ2n) is 3.75. The molecule has 0 aliphatic heterocycles. The van der Waals surface area contributed by atoms with E-state index in [0.29, 0.717) is 0 Å². The maximum absolute atomic E-state index is 5.94. The molecule has 3 nitrogen and oxygen atoms in total. The smallest absolute Gasteiger partial charge is 0.167 e. The standard InChI is InChI=1S/C10H12N2O/c1-10(2,11)9-7-5-3-4-6-8(7)13-12-9/h3-6H,11H2,1-2H3. The quantitative estimate of drug-likeness (QED) is 0.723. The van der Waals surface area contributed by atoms with Crippen molar-refractivity contribution >= 4 is 11.0 Å². The molecule has 2 rings (SSSR count). The molecule has 2 N–H and O–H groups in total. The number of rotatable bonds is 1. The lowest BCUT2D eigenvalue weighted by atomic mass is 9.99. The summed E-state index contributed by atoms with van der Waals surface area (Å²) in [5.41, 5.74) is 7.09. The average molecular weight is 176 g/mol. The normalized spacial score (nSPS) is 12.2. The first-order valence-electron chi connectivity index (χ1n) is 4.23. The Morgan fingerprint density at radius 3 is 2.69 bits per heavy atom. The van der Waals surface area contributed by atoms with Crippen LogP contribution in [-0.4, -0.2) is 5.16 Å². The van der Waals surface area contributed by atoms with E-state index in [-0.39, 0.29) is 0 Å². The number of aromatic nitrogens is 1. The van der Waals surface area contributed by atoms with Crippen LogP contribution in [-0.2, 0) is 5.54 Å². The molecular weight excluding hydrogens is 164 g/mol. The maximum Gasteiger partial charge on any atom is 0.167 e. The van der Waals surface area contributed by atoms with E-state index in [1.54, 1.807) is 0 Å². The van der Waals surface area contributed by atoms with Gasteiger partial charge in [0.05, 0.1) is 5.54 Å². The summed E-state index contributed by atoms with van der Waals surface area (Å²) in [6.07, 6.45) is 0. The molecule has 1 heterocycles. The van der Waals surface area contributed by atoms with Crippen LogP contribution in [0.1, 0.15) is 19.5 Å².